The second-order valence-electron chi connectivity index (χ2n) is 5.98. The molecule has 0 spiro atoms. The number of nitro benzene ring substituents is 1. The Morgan fingerprint density at radius 3 is 2.41 bits per heavy atom. The molecule has 0 aliphatic heterocycles. The third kappa shape index (κ3) is 5.50. The Hall–Kier alpha value is -3.49. The molecule has 8 nitrogen and oxygen atoms in total. The van der Waals surface area contributed by atoms with Gasteiger partial charge in [0.25, 0.3) is 0 Å². The lowest BCUT2D eigenvalue weighted by Crippen LogP contribution is -2.48. The van der Waals surface area contributed by atoms with Crippen LogP contribution in [0.5, 0.6) is 5.75 Å². The number of hydrogen-bond donors (Lipinski definition) is 2. The molecule has 9 heteroatoms. The minimum Gasteiger partial charge on any atom is -0.417 e. The summed E-state index contributed by atoms with van der Waals surface area (Å²) in [6.45, 7) is 3.32. The number of carbonyl (C=O) groups excluding carboxylic acids is 2. The van der Waals surface area contributed by atoms with Crippen LogP contribution < -0.4 is 15.4 Å². The van der Waals surface area contributed by atoms with Gasteiger partial charge >= 0.3 is 17.7 Å². The molecule has 2 aromatic carbocycles. The number of rotatable bonds is 6. The van der Waals surface area contributed by atoms with Gasteiger partial charge in [0.2, 0.25) is 5.75 Å². The van der Waals surface area contributed by atoms with Gasteiger partial charge in [0.1, 0.15) is 11.9 Å². The molecule has 0 saturated heterocycles. The number of hydrogen-bond acceptors (Lipinski definition) is 5. The van der Waals surface area contributed by atoms with E-state index in [1.54, 1.807) is 44.2 Å². The van der Waals surface area contributed by atoms with E-state index < -0.39 is 40.2 Å². The number of urea groups is 1. The van der Waals surface area contributed by atoms with E-state index in [1.807, 2.05) is 0 Å². The zero-order valence-electron chi connectivity index (χ0n) is 14.6. The van der Waals surface area contributed by atoms with Gasteiger partial charge in [-0.3, -0.25) is 10.1 Å². The first-order valence-corrected chi connectivity index (χ1v) is 8.06. The molecule has 2 aromatic rings. The van der Waals surface area contributed by atoms with Gasteiger partial charge in [0, 0.05) is 17.8 Å². The molecule has 0 saturated carbocycles. The smallest absolute Gasteiger partial charge is 0.334 e. The number of ether oxygens (including phenoxy) is 1. The minimum atomic E-state index is -1.10. The molecule has 0 bridgehead atoms. The molecule has 0 fully saturated rings. The van der Waals surface area contributed by atoms with Crippen LogP contribution in [-0.4, -0.2) is 23.0 Å². The molecule has 1 unspecified atom stereocenters. The zero-order valence-corrected chi connectivity index (χ0v) is 14.6. The van der Waals surface area contributed by atoms with Gasteiger partial charge in [-0.25, -0.2) is 14.0 Å². The summed E-state index contributed by atoms with van der Waals surface area (Å²) in [6.07, 6.45) is 0. The maximum atomic E-state index is 13.4. The van der Waals surface area contributed by atoms with E-state index in [4.69, 9.17) is 4.74 Å². The summed E-state index contributed by atoms with van der Waals surface area (Å²) in [4.78, 5) is 34.8. The van der Waals surface area contributed by atoms with Crippen molar-refractivity contribution >= 4 is 23.4 Å². The molecule has 1 atom stereocenters. The number of nitro groups is 1. The van der Waals surface area contributed by atoms with Crippen molar-refractivity contribution in [1.29, 1.82) is 0 Å². The van der Waals surface area contributed by atoms with Gasteiger partial charge < -0.3 is 15.4 Å². The first-order valence-electron chi connectivity index (χ1n) is 8.06. The highest BCUT2D eigenvalue weighted by Crippen LogP contribution is 2.28. The number of halogens is 1. The van der Waals surface area contributed by atoms with E-state index in [-0.39, 0.29) is 5.92 Å². The average Bonchev–Trinajstić information content (AvgIpc) is 2.60. The number of nitrogens with one attached hydrogen (secondary N) is 2. The summed E-state index contributed by atoms with van der Waals surface area (Å²) in [7, 11) is 0. The molecule has 27 heavy (non-hydrogen) atoms. The molecule has 142 valence electrons. The first-order chi connectivity index (χ1) is 12.8. The molecule has 2 N–H and O–H groups in total. The average molecular weight is 375 g/mol. The molecular weight excluding hydrogens is 357 g/mol. The molecule has 0 aliphatic carbocycles. The van der Waals surface area contributed by atoms with Crippen LogP contribution in [0.2, 0.25) is 0 Å². The maximum Gasteiger partial charge on any atom is 0.334 e. The number of esters is 1. The normalized spacial score (nSPS) is 11.6. The fraction of sp³-hybridized carbons (Fsp3) is 0.222. The van der Waals surface area contributed by atoms with Crippen molar-refractivity contribution in [3.63, 3.8) is 0 Å². The topological polar surface area (TPSA) is 111 Å². The highest BCUT2D eigenvalue weighted by Gasteiger charge is 2.29. The lowest BCUT2D eigenvalue weighted by Gasteiger charge is -2.21. The van der Waals surface area contributed by atoms with E-state index in [0.29, 0.717) is 5.69 Å². The van der Waals surface area contributed by atoms with Crippen LogP contribution >= 0.6 is 0 Å². The first kappa shape index (κ1) is 19.8. The largest absolute Gasteiger partial charge is 0.417 e. The number of carbonyl (C=O) groups is 2. The number of benzene rings is 2. The van der Waals surface area contributed by atoms with Gasteiger partial charge in [-0.15, -0.1) is 0 Å². The summed E-state index contributed by atoms with van der Waals surface area (Å²) in [5.74, 6) is -2.64. The van der Waals surface area contributed by atoms with Crippen LogP contribution in [0.25, 0.3) is 0 Å². The third-order valence-corrected chi connectivity index (χ3v) is 3.57. The molecule has 2 amide bonds. The van der Waals surface area contributed by atoms with Crippen LogP contribution in [0.4, 0.5) is 20.6 Å². The van der Waals surface area contributed by atoms with Gasteiger partial charge in [-0.1, -0.05) is 32.0 Å². The molecule has 0 heterocycles. The Bertz CT molecular complexity index is 842. The predicted octanol–water partition coefficient (Wildman–Crippen LogP) is 3.49. The number of para-hydroxylation sites is 1. The van der Waals surface area contributed by atoms with Gasteiger partial charge in [0.05, 0.1) is 4.92 Å². The van der Waals surface area contributed by atoms with Crippen LogP contribution in [0, 0.1) is 21.8 Å². The Labute approximate surface area is 154 Å². The number of anilines is 1. The highest BCUT2D eigenvalue weighted by atomic mass is 19.1. The number of amides is 2. The lowest BCUT2D eigenvalue weighted by molar-refractivity contribution is -0.385. The Kier molecular flexibility index (Phi) is 6.42. The summed E-state index contributed by atoms with van der Waals surface area (Å²) in [5, 5.41) is 16.0. The molecule has 2 rings (SSSR count). The maximum absolute atomic E-state index is 13.4. The van der Waals surface area contributed by atoms with Crippen LogP contribution in [0.15, 0.2) is 48.5 Å². The molecule has 0 aliphatic rings. The van der Waals surface area contributed by atoms with Gasteiger partial charge in [0.15, 0.2) is 0 Å². The monoisotopic (exact) mass is 375 g/mol. The summed E-state index contributed by atoms with van der Waals surface area (Å²) >= 11 is 0. The molecule has 0 aromatic heterocycles. The van der Waals surface area contributed by atoms with Crippen molar-refractivity contribution in [2.45, 2.75) is 19.9 Å². The van der Waals surface area contributed by atoms with E-state index >= 15 is 0 Å². The molecule has 0 radical (unpaired) electrons. The fourth-order valence-electron chi connectivity index (χ4n) is 2.22. The number of nitrogens with zero attached hydrogens (tertiary/aromatic N) is 1. The van der Waals surface area contributed by atoms with Crippen molar-refractivity contribution in [2.24, 2.45) is 5.92 Å². The highest BCUT2D eigenvalue weighted by molar-refractivity contribution is 5.93. The van der Waals surface area contributed by atoms with Crippen molar-refractivity contribution in [3.8, 4) is 5.75 Å². The lowest BCUT2D eigenvalue weighted by atomic mass is 10.1. The second kappa shape index (κ2) is 8.75. The second-order valence-corrected chi connectivity index (χ2v) is 5.98. The summed E-state index contributed by atoms with van der Waals surface area (Å²) < 4.78 is 18.4. The standard InChI is InChI=1S/C18H18FN3O5/c1-11(2)16(21-18(24)20-13-6-4-3-5-7-13)17(23)27-15-10-12(19)8-9-14(15)22(25)26/h3-11,16H,1-2H3,(H2,20,21,24). The van der Waals surface area contributed by atoms with Gasteiger partial charge in [-0.05, 0) is 24.1 Å². The SMILES string of the molecule is CC(C)C(NC(=O)Nc1ccccc1)C(=O)Oc1cc(F)ccc1[N+](=O)[O-]. The van der Waals surface area contributed by atoms with Crippen molar-refractivity contribution < 1.29 is 23.6 Å². The third-order valence-electron chi connectivity index (χ3n) is 3.57. The van der Waals surface area contributed by atoms with Crippen LogP contribution in [0.1, 0.15) is 13.8 Å². The zero-order chi connectivity index (χ0) is 20.0. The van der Waals surface area contributed by atoms with Crippen molar-refractivity contribution in [2.75, 3.05) is 5.32 Å². The Morgan fingerprint density at radius 1 is 1.15 bits per heavy atom. The van der Waals surface area contributed by atoms with Gasteiger partial charge in [-0.2, -0.15) is 0 Å². The summed E-state index contributed by atoms with van der Waals surface area (Å²) in [5.41, 5.74) is -0.0346. The van der Waals surface area contributed by atoms with Crippen LogP contribution in [-0.2, 0) is 4.79 Å². The van der Waals surface area contributed by atoms with Crippen molar-refractivity contribution in [1.82, 2.24) is 5.32 Å². The Balaban J connectivity index is 2.12. The molecular formula is C18H18FN3O5. The quantitative estimate of drug-likeness (QED) is 0.347. The van der Waals surface area contributed by atoms with E-state index in [9.17, 15) is 24.1 Å². The van der Waals surface area contributed by atoms with Crippen LogP contribution in [0.3, 0.4) is 0 Å². The fourth-order valence-corrected chi connectivity index (χ4v) is 2.22. The van der Waals surface area contributed by atoms with E-state index in [1.165, 1.54) is 0 Å². The minimum absolute atomic E-state index is 0.383. The Morgan fingerprint density at radius 2 is 1.81 bits per heavy atom. The predicted molar refractivity (Wildman–Crippen MR) is 95.9 cm³/mol. The van der Waals surface area contributed by atoms with E-state index in [2.05, 4.69) is 10.6 Å². The summed E-state index contributed by atoms with van der Waals surface area (Å²) in [6, 6.07) is 9.36. The van der Waals surface area contributed by atoms with E-state index in [0.717, 1.165) is 18.2 Å². The van der Waals surface area contributed by atoms with Crippen molar-refractivity contribution in [3.05, 3.63) is 64.5 Å².